The second kappa shape index (κ2) is 3.45. The molecule has 1 unspecified atom stereocenters. The van der Waals surface area contributed by atoms with Crippen molar-refractivity contribution in [1.29, 1.82) is 0 Å². The van der Waals surface area contributed by atoms with Crippen molar-refractivity contribution in [2.75, 3.05) is 0 Å². The van der Waals surface area contributed by atoms with E-state index < -0.39 is 6.29 Å². The molecule has 0 bridgehead atoms. The number of para-hydroxylation sites is 1. The maximum Gasteiger partial charge on any atom is 0.194 e. The van der Waals surface area contributed by atoms with Gasteiger partial charge in [0.1, 0.15) is 0 Å². The van der Waals surface area contributed by atoms with Gasteiger partial charge >= 0.3 is 0 Å². The summed E-state index contributed by atoms with van der Waals surface area (Å²) in [5.41, 5.74) is 0.802. The van der Waals surface area contributed by atoms with Crippen molar-refractivity contribution in [3.63, 3.8) is 0 Å². The van der Waals surface area contributed by atoms with Crippen molar-refractivity contribution in [3.05, 3.63) is 23.8 Å². The van der Waals surface area contributed by atoms with Gasteiger partial charge in [-0.15, -0.1) is 0 Å². The molecule has 0 saturated carbocycles. The molecule has 3 nitrogen and oxygen atoms in total. The van der Waals surface area contributed by atoms with Crippen molar-refractivity contribution >= 4 is 0 Å². The van der Waals surface area contributed by atoms with Gasteiger partial charge in [-0.3, -0.25) is 0 Å². The number of aryl methyl sites for hydroxylation is 1. The molecule has 1 atom stereocenters. The van der Waals surface area contributed by atoms with Crippen LogP contribution in [0.1, 0.15) is 12.5 Å². The minimum Gasteiger partial charge on any atom is -0.504 e. The highest BCUT2D eigenvalue weighted by atomic mass is 16.6. The first-order valence-electron chi connectivity index (χ1n) is 3.74. The van der Waals surface area contributed by atoms with E-state index in [9.17, 15) is 5.11 Å². The predicted molar refractivity (Wildman–Crippen MR) is 45.2 cm³/mol. The van der Waals surface area contributed by atoms with E-state index in [-0.39, 0.29) is 5.75 Å². The van der Waals surface area contributed by atoms with Crippen LogP contribution in [0.4, 0.5) is 0 Å². The molecule has 1 aromatic carbocycles. The Labute approximate surface area is 71.2 Å². The predicted octanol–water partition coefficient (Wildman–Crippen LogP) is 1.42. The third-order valence-corrected chi connectivity index (χ3v) is 1.48. The van der Waals surface area contributed by atoms with Crippen molar-refractivity contribution in [3.8, 4) is 11.5 Å². The van der Waals surface area contributed by atoms with Gasteiger partial charge in [0.2, 0.25) is 0 Å². The van der Waals surface area contributed by atoms with Crippen LogP contribution in [0.25, 0.3) is 0 Å². The third-order valence-electron chi connectivity index (χ3n) is 1.48. The highest BCUT2D eigenvalue weighted by Crippen LogP contribution is 2.29. The van der Waals surface area contributed by atoms with Gasteiger partial charge in [0.15, 0.2) is 17.8 Å². The zero-order valence-electron chi connectivity index (χ0n) is 7.11. The number of aliphatic hydroxyl groups is 1. The molecule has 0 amide bonds. The van der Waals surface area contributed by atoms with Crippen LogP contribution in [0, 0.1) is 6.92 Å². The molecule has 0 heterocycles. The Hall–Kier alpha value is -1.22. The lowest BCUT2D eigenvalue weighted by atomic mass is 10.2. The summed E-state index contributed by atoms with van der Waals surface area (Å²) in [5, 5.41) is 18.2. The third kappa shape index (κ3) is 1.89. The molecular weight excluding hydrogens is 156 g/mol. The standard InChI is InChI=1S/C9H12O3/c1-6-4-3-5-8(11)9(6)12-7(2)10/h3-5,7,10-11H,1-2H3. The van der Waals surface area contributed by atoms with Crippen LogP contribution in [0.2, 0.25) is 0 Å². The number of rotatable bonds is 2. The number of hydrogen-bond donors (Lipinski definition) is 2. The van der Waals surface area contributed by atoms with Crippen molar-refractivity contribution in [2.24, 2.45) is 0 Å². The summed E-state index contributed by atoms with van der Waals surface area (Å²) in [4.78, 5) is 0. The Morgan fingerprint density at radius 2 is 2.08 bits per heavy atom. The molecule has 2 N–H and O–H groups in total. The lowest BCUT2D eigenvalue weighted by molar-refractivity contribution is -0.00259. The van der Waals surface area contributed by atoms with Crippen molar-refractivity contribution in [1.82, 2.24) is 0 Å². The molecule has 1 aromatic rings. The largest absolute Gasteiger partial charge is 0.504 e. The van der Waals surface area contributed by atoms with Gasteiger partial charge in [0.05, 0.1) is 0 Å². The summed E-state index contributed by atoms with van der Waals surface area (Å²) in [6.07, 6.45) is -0.906. The van der Waals surface area contributed by atoms with Gasteiger partial charge in [0, 0.05) is 0 Å². The van der Waals surface area contributed by atoms with E-state index in [0.29, 0.717) is 5.75 Å². The highest BCUT2D eigenvalue weighted by molar-refractivity contribution is 5.44. The van der Waals surface area contributed by atoms with Crippen LogP contribution in [-0.2, 0) is 0 Å². The van der Waals surface area contributed by atoms with E-state index in [1.807, 2.05) is 0 Å². The Morgan fingerprint density at radius 1 is 1.42 bits per heavy atom. The van der Waals surface area contributed by atoms with Gasteiger partial charge in [-0.25, -0.2) is 0 Å². The topological polar surface area (TPSA) is 49.7 Å². The molecular formula is C9H12O3. The average molecular weight is 168 g/mol. The normalized spacial score (nSPS) is 12.6. The van der Waals surface area contributed by atoms with Crippen molar-refractivity contribution in [2.45, 2.75) is 20.1 Å². The quantitative estimate of drug-likeness (QED) is 0.656. The number of benzene rings is 1. The van der Waals surface area contributed by atoms with E-state index in [1.54, 1.807) is 19.1 Å². The van der Waals surface area contributed by atoms with E-state index in [2.05, 4.69) is 0 Å². The van der Waals surface area contributed by atoms with E-state index >= 15 is 0 Å². The number of aliphatic hydroxyl groups excluding tert-OH is 1. The molecule has 0 aromatic heterocycles. The maximum absolute atomic E-state index is 9.30. The minimum absolute atomic E-state index is 0.0518. The molecule has 0 aliphatic heterocycles. The smallest absolute Gasteiger partial charge is 0.194 e. The van der Waals surface area contributed by atoms with Gasteiger partial charge in [-0.2, -0.15) is 0 Å². The first kappa shape index (κ1) is 8.87. The summed E-state index contributed by atoms with van der Waals surface area (Å²) in [6.45, 7) is 3.29. The molecule has 0 spiro atoms. The minimum atomic E-state index is -0.906. The highest BCUT2D eigenvalue weighted by Gasteiger charge is 2.07. The van der Waals surface area contributed by atoms with Crippen LogP contribution >= 0.6 is 0 Å². The average Bonchev–Trinajstić information content (AvgIpc) is 1.97. The molecule has 0 aliphatic carbocycles. The zero-order valence-corrected chi connectivity index (χ0v) is 7.11. The Morgan fingerprint density at radius 3 is 2.58 bits per heavy atom. The lowest BCUT2D eigenvalue weighted by Crippen LogP contribution is -2.10. The number of aromatic hydroxyl groups is 1. The fourth-order valence-corrected chi connectivity index (χ4v) is 0.961. The summed E-state index contributed by atoms with van der Waals surface area (Å²) >= 11 is 0. The van der Waals surface area contributed by atoms with Gasteiger partial charge in [-0.1, -0.05) is 12.1 Å². The number of phenols is 1. The number of phenolic OH excluding ortho intramolecular Hbond substituents is 1. The van der Waals surface area contributed by atoms with Crippen LogP contribution in [-0.4, -0.2) is 16.5 Å². The molecule has 0 aliphatic rings. The van der Waals surface area contributed by atoms with Gasteiger partial charge < -0.3 is 14.9 Å². The maximum atomic E-state index is 9.30. The van der Waals surface area contributed by atoms with E-state index in [4.69, 9.17) is 9.84 Å². The zero-order chi connectivity index (χ0) is 9.14. The molecule has 66 valence electrons. The SMILES string of the molecule is Cc1cccc(O)c1OC(C)O. The first-order chi connectivity index (χ1) is 5.61. The number of hydrogen-bond acceptors (Lipinski definition) is 3. The van der Waals surface area contributed by atoms with Gasteiger partial charge in [0.25, 0.3) is 0 Å². The van der Waals surface area contributed by atoms with E-state index in [1.165, 1.54) is 13.0 Å². The Bertz CT molecular complexity index is 248. The Kier molecular flexibility index (Phi) is 2.55. The fraction of sp³-hybridized carbons (Fsp3) is 0.333. The summed E-state index contributed by atoms with van der Waals surface area (Å²) in [5.74, 6) is 0.392. The molecule has 0 radical (unpaired) electrons. The second-order valence-electron chi connectivity index (χ2n) is 2.64. The summed E-state index contributed by atoms with van der Waals surface area (Å²) < 4.78 is 4.98. The van der Waals surface area contributed by atoms with Crippen LogP contribution in [0.3, 0.4) is 0 Å². The van der Waals surface area contributed by atoms with Crippen LogP contribution in [0.5, 0.6) is 11.5 Å². The van der Waals surface area contributed by atoms with Gasteiger partial charge in [-0.05, 0) is 25.5 Å². The first-order valence-corrected chi connectivity index (χ1v) is 3.74. The van der Waals surface area contributed by atoms with E-state index in [0.717, 1.165) is 5.56 Å². The lowest BCUT2D eigenvalue weighted by Gasteiger charge is -2.12. The molecule has 0 saturated heterocycles. The second-order valence-corrected chi connectivity index (χ2v) is 2.64. The molecule has 12 heavy (non-hydrogen) atoms. The molecule has 1 rings (SSSR count). The Balaban J connectivity index is 2.96. The summed E-state index contributed by atoms with van der Waals surface area (Å²) in [6, 6.07) is 5.04. The molecule has 0 fully saturated rings. The van der Waals surface area contributed by atoms with Crippen molar-refractivity contribution < 1.29 is 14.9 Å². The monoisotopic (exact) mass is 168 g/mol. The van der Waals surface area contributed by atoms with Crippen LogP contribution < -0.4 is 4.74 Å². The number of ether oxygens (including phenoxy) is 1. The fourth-order valence-electron chi connectivity index (χ4n) is 0.961. The molecule has 3 heteroatoms. The summed E-state index contributed by atoms with van der Waals surface area (Å²) in [7, 11) is 0. The van der Waals surface area contributed by atoms with Crippen LogP contribution in [0.15, 0.2) is 18.2 Å².